The third-order valence-electron chi connectivity index (χ3n) is 5.38. The number of amides is 1. The number of carbonyl (C=O) groups excluding carboxylic acids is 1. The highest BCUT2D eigenvalue weighted by Gasteiger charge is 2.35. The van der Waals surface area contributed by atoms with Gasteiger partial charge in [0.2, 0.25) is 15.9 Å². The molecule has 1 atom stereocenters. The molecule has 7 heteroatoms. The Morgan fingerprint density at radius 3 is 2.14 bits per heavy atom. The Labute approximate surface area is 173 Å². The molecule has 6 nitrogen and oxygen atoms in total. The predicted octanol–water partition coefficient (Wildman–Crippen LogP) is 2.44. The van der Waals surface area contributed by atoms with Crippen LogP contribution in [0.15, 0.2) is 53.4 Å². The van der Waals surface area contributed by atoms with Crippen LogP contribution >= 0.6 is 0 Å². The second-order valence-corrected chi connectivity index (χ2v) is 9.66. The van der Waals surface area contributed by atoms with E-state index in [4.69, 9.17) is 0 Å². The smallest absolute Gasteiger partial charge is 0.244 e. The van der Waals surface area contributed by atoms with E-state index in [1.807, 2.05) is 56.3 Å². The Hall–Kier alpha value is -2.22. The van der Waals surface area contributed by atoms with E-state index < -0.39 is 16.1 Å². The van der Waals surface area contributed by atoms with Gasteiger partial charge in [-0.25, -0.2) is 8.42 Å². The van der Waals surface area contributed by atoms with Gasteiger partial charge in [-0.15, -0.1) is 0 Å². The maximum atomic E-state index is 13.1. The van der Waals surface area contributed by atoms with Gasteiger partial charge in [-0.2, -0.15) is 4.31 Å². The van der Waals surface area contributed by atoms with Gasteiger partial charge in [0.15, 0.2) is 0 Å². The molecular weight excluding hydrogens is 386 g/mol. The Balaban J connectivity index is 1.80. The first-order chi connectivity index (χ1) is 13.7. The molecule has 0 bridgehead atoms. The van der Waals surface area contributed by atoms with Crippen molar-refractivity contribution in [2.45, 2.75) is 24.8 Å². The van der Waals surface area contributed by atoms with Gasteiger partial charge in [-0.3, -0.25) is 9.69 Å². The molecule has 156 valence electrons. The van der Waals surface area contributed by atoms with Crippen molar-refractivity contribution in [2.24, 2.45) is 0 Å². The van der Waals surface area contributed by atoms with Crippen molar-refractivity contribution in [1.82, 2.24) is 14.1 Å². The quantitative estimate of drug-likeness (QED) is 0.753. The van der Waals surface area contributed by atoms with Crippen LogP contribution in [0.25, 0.3) is 0 Å². The molecule has 2 aromatic rings. The molecule has 3 rings (SSSR count). The second-order valence-electron chi connectivity index (χ2n) is 7.75. The van der Waals surface area contributed by atoms with E-state index in [0.717, 1.165) is 16.7 Å². The highest BCUT2D eigenvalue weighted by atomic mass is 32.2. The van der Waals surface area contributed by atoms with Crippen LogP contribution < -0.4 is 0 Å². The minimum atomic E-state index is -3.55. The first kappa shape index (κ1) is 21.5. The van der Waals surface area contributed by atoms with E-state index >= 15 is 0 Å². The highest BCUT2D eigenvalue weighted by molar-refractivity contribution is 7.89. The molecule has 0 aliphatic carbocycles. The zero-order valence-corrected chi connectivity index (χ0v) is 18.3. The minimum absolute atomic E-state index is 0.00175. The third-order valence-corrected chi connectivity index (χ3v) is 7.44. The van der Waals surface area contributed by atoms with E-state index in [-0.39, 0.29) is 5.91 Å². The SMILES string of the molecule is Cc1ccc(S(=O)(=O)N2CCN([C@H](C(=O)N(C)C)c3ccccc3)CC2)c(C)c1. The largest absolute Gasteiger partial charge is 0.347 e. The molecule has 0 aromatic heterocycles. The Kier molecular flexibility index (Phi) is 6.41. The van der Waals surface area contributed by atoms with Crippen LogP contribution in [-0.2, 0) is 14.8 Å². The molecule has 0 N–H and O–H groups in total. The summed E-state index contributed by atoms with van der Waals surface area (Å²) < 4.78 is 27.8. The number of sulfonamides is 1. The van der Waals surface area contributed by atoms with E-state index in [1.165, 1.54) is 4.31 Å². The Morgan fingerprint density at radius 1 is 0.966 bits per heavy atom. The zero-order valence-electron chi connectivity index (χ0n) is 17.5. The average Bonchev–Trinajstić information content (AvgIpc) is 2.69. The molecule has 1 aliphatic heterocycles. The lowest BCUT2D eigenvalue weighted by molar-refractivity contribution is -0.135. The predicted molar refractivity (Wildman–Crippen MR) is 114 cm³/mol. The maximum absolute atomic E-state index is 13.1. The van der Waals surface area contributed by atoms with Crippen molar-refractivity contribution >= 4 is 15.9 Å². The van der Waals surface area contributed by atoms with Gasteiger partial charge in [0.25, 0.3) is 0 Å². The summed E-state index contributed by atoms with van der Waals surface area (Å²) in [5.74, 6) is 0.00175. The summed E-state index contributed by atoms with van der Waals surface area (Å²) in [5.41, 5.74) is 2.73. The maximum Gasteiger partial charge on any atom is 0.244 e. The van der Waals surface area contributed by atoms with Gasteiger partial charge in [0, 0.05) is 40.3 Å². The van der Waals surface area contributed by atoms with Crippen molar-refractivity contribution < 1.29 is 13.2 Å². The highest BCUT2D eigenvalue weighted by Crippen LogP contribution is 2.27. The number of carbonyl (C=O) groups is 1. The fourth-order valence-corrected chi connectivity index (χ4v) is 5.45. The van der Waals surface area contributed by atoms with Gasteiger partial charge in [-0.1, -0.05) is 48.0 Å². The summed E-state index contributed by atoms with van der Waals surface area (Å²) >= 11 is 0. The molecule has 29 heavy (non-hydrogen) atoms. The first-order valence-corrected chi connectivity index (χ1v) is 11.2. The number of aryl methyl sites for hydroxylation is 2. The van der Waals surface area contributed by atoms with Crippen LogP contribution in [0, 0.1) is 13.8 Å². The number of nitrogens with zero attached hydrogens (tertiary/aromatic N) is 3. The summed E-state index contributed by atoms with van der Waals surface area (Å²) in [6, 6.07) is 14.7. The lowest BCUT2D eigenvalue weighted by atomic mass is 10.0. The van der Waals surface area contributed by atoms with Crippen molar-refractivity contribution in [2.75, 3.05) is 40.3 Å². The van der Waals surface area contributed by atoms with E-state index in [9.17, 15) is 13.2 Å². The van der Waals surface area contributed by atoms with Gasteiger partial charge >= 0.3 is 0 Å². The molecule has 0 radical (unpaired) electrons. The van der Waals surface area contributed by atoms with Crippen LogP contribution in [0.5, 0.6) is 0 Å². The van der Waals surface area contributed by atoms with Crippen LogP contribution in [-0.4, -0.2) is 68.7 Å². The number of hydrogen-bond donors (Lipinski definition) is 0. The Bertz CT molecular complexity index is 966. The molecule has 0 unspecified atom stereocenters. The van der Waals surface area contributed by atoms with Crippen LogP contribution in [0.2, 0.25) is 0 Å². The molecule has 0 saturated carbocycles. The summed E-state index contributed by atoms with van der Waals surface area (Å²) in [7, 11) is -0.0502. The lowest BCUT2D eigenvalue weighted by Gasteiger charge is -2.39. The van der Waals surface area contributed by atoms with Crippen LogP contribution in [0.4, 0.5) is 0 Å². The summed E-state index contributed by atoms with van der Waals surface area (Å²) in [6.45, 7) is 5.51. The zero-order chi connectivity index (χ0) is 21.2. The van der Waals surface area contributed by atoms with E-state index in [1.54, 1.807) is 25.1 Å². The van der Waals surface area contributed by atoms with Crippen molar-refractivity contribution in [3.05, 3.63) is 65.2 Å². The van der Waals surface area contributed by atoms with Crippen molar-refractivity contribution in [3.8, 4) is 0 Å². The fourth-order valence-electron chi connectivity index (χ4n) is 3.82. The monoisotopic (exact) mass is 415 g/mol. The number of likely N-dealkylation sites (N-methyl/N-ethyl adjacent to an activating group) is 1. The summed E-state index contributed by atoms with van der Waals surface area (Å²) in [6.07, 6.45) is 0. The van der Waals surface area contributed by atoms with Gasteiger partial charge < -0.3 is 4.90 Å². The molecule has 1 heterocycles. The molecular formula is C22H29N3O3S. The number of piperazine rings is 1. The number of rotatable bonds is 5. The number of benzene rings is 2. The third kappa shape index (κ3) is 4.52. The Morgan fingerprint density at radius 2 is 1.59 bits per heavy atom. The second kappa shape index (κ2) is 8.65. The van der Waals surface area contributed by atoms with E-state index in [2.05, 4.69) is 4.90 Å². The normalized spacial score (nSPS) is 17.1. The minimum Gasteiger partial charge on any atom is -0.347 e. The van der Waals surface area contributed by atoms with E-state index in [0.29, 0.717) is 31.1 Å². The molecule has 0 spiro atoms. The molecule has 1 aliphatic rings. The summed E-state index contributed by atoms with van der Waals surface area (Å²) in [4.78, 5) is 16.9. The molecule has 2 aromatic carbocycles. The van der Waals surface area contributed by atoms with Gasteiger partial charge in [0.05, 0.1) is 4.90 Å². The van der Waals surface area contributed by atoms with Crippen molar-refractivity contribution in [3.63, 3.8) is 0 Å². The summed E-state index contributed by atoms with van der Waals surface area (Å²) in [5, 5.41) is 0. The number of hydrogen-bond acceptors (Lipinski definition) is 4. The molecule has 1 amide bonds. The van der Waals surface area contributed by atoms with Crippen LogP contribution in [0.3, 0.4) is 0 Å². The average molecular weight is 416 g/mol. The lowest BCUT2D eigenvalue weighted by Crippen LogP contribution is -2.52. The first-order valence-electron chi connectivity index (χ1n) is 9.79. The standard InChI is InChI=1S/C22H29N3O3S/c1-17-10-11-20(18(2)16-17)29(27,28)25-14-12-24(13-15-25)21(22(26)23(3)4)19-8-6-5-7-9-19/h5-11,16,21H,12-15H2,1-4H3/t21-/m0/s1. The van der Waals surface area contributed by atoms with Crippen LogP contribution in [0.1, 0.15) is 22.7 Å². The van der Waals surface area contributed by atoms with Crippen molar-refractivity contribution in [1.29, 1.82) is 0 Å². The molecule has 1 saturated heterocycles. The molecule has 1 fully saturated rings. The fraction of sp³-hybridized carbons (Fsp3) is 0.409. The van der Waals surface area contributed by atoms with Gasteiger partial charge in [-0.05, 0) is 31.0 Å². The van der Waals surface area contributed by atoms with Gasteiger partial charge in [0.1, 0.15) is 6.04 Å². The topological polar surface area (TPSA) is 60.9 Å².